The van der Waals surface area contributed by atoms with Crippen molar-refractivity contribution in [2.24, 2.45) is 0 Å². The van der Waals surface area contributed by atoms with E-state index in [0.717, 1.165) is 56.3 Å². The minimum atomic E-state index is -1.08. The fourth-order valence-electron chi connectivity index (χ4n) is 3.08. The van der Waals surface area contributed by atoms with Crippen molar-refractivity contribution in [2.75, 3.05) is 12.0 Å². The number of thioether (sulfide) groups is 1. The molecule has 6 heteroatoms. The van der Waals surface area contributed by atoms with Gasteiger partial charge in [0.15, 0.2) is 0 Å². The average molecular weight is 402 g/mol. The lowest BCUT2D eigenvalue weighted by Gasteiger charge is -2.27. The summed E-state index contributed by atoms with van der Waals surface area (Å²) in [4.78, 5) is 38.2. The van der Waals surface area contributed by atoms with Crippen molar-refractivity contribution in [1.29, 1.82) is 0 Å². The fourth-order valence-corrected chi connectivity index (χ4v) is 3.54. The predicted molar refractivity (Wildman–Crippen MR) is 113 cm³/mol. The van der Waals surface area contributed by atoms with Crippen LogP contribution in [0.1, 0.15) is 97.3 Å². The molecule has 0 saturated heterocycles. The number of imide groups is 1. The number of hydrogen-bond acceptors (Lipinski definition) is 4. The largest absolute Gasteiger partial charge is 0.480 e. The first kappa shape index (κ1) is 26.0. The van der Waals surface area contributed by atoms with Gasteiger partial charge >= 0.3 is 5.97 Å². The van der Waals surface area contributed by atoms with Crippen LogP contribution in [0.2, 0.25) is 0 Å². The molecule has 0 heterocycles. The Bertz CT molecular complexity index is 402. The van der Waals surface area contributed by atoms with Crippen LogP contribution in [0.25, 0.3) is 0 Å². The molecule has 0 aromatic rings. The van der Waals surface area contributed by atoms with E-state index in [0.29, 0.717) is 25.0 Å². The highest BCUT2D eigenvalue weighted by Gasteiger charge is 2.33. The molecule has 0 saturated carbocycles. The van der Waals surface area contributed by atoms with Crippen LogP contribution in [-0.2, 0) is 14.4 Å². The summed E-state index contributed by atoms with van der Waals surface area (Å²) in [7, 11) is 0. The van der Waals surface area contributed by atoms with Gasteiger partial charge in [0, 0.05) is 12.8 Å². The number of carboxylic acid groups (broad SMARTS) is 1. The highest BCUT2D eigenvalue weighted by Crippen LogP contribution is 2.16. The van der Waals surface area contributed by atoms with Gasteiger partial charge < -0.3 is 5.11 Å². The molecule has 1 atom stereocenters. The second-order valence-corrected chi connectivity index (χ2v) is 8.11. The number of carbonyl (C=O) groups excluding carboxylic acids is 2. The first-order valence-corrected chi connectivity index (χ1v) is 12.0. The van der Waals surface area contributed by atoms with Crippen LogP contribution < -0.4 is 0 Å². The van der Waals surface area contributed by atoms with Gasteiger partial charge in [0.25, 0.3) is 0 Å². The van der Waals surface area contributed by atoms with Gasteiger partial charge in [-0.05, 0) is 31.3 Å². The summed E-state index contributed by atoms with van der Waals surface area (Å²) >= 11 is 1.53. The van der Waals surface area contributed by atoms with E-state index in [4.69, 9.17) is 0 Å². The van der Waals surface area contributed by atoms with Crippen LogP contribution in [0.4, 0.5) is 0 Å². The van der Waals surface area contributed by atoms with E-state index in [2.05, 4.69) is 13.8 Å². The zero-order chi connectivity index (χ0) is 20.5. The summed E-state index contributed by atoms with van der Waals surface area (Å²) in [5, 5.41) is 9.60. The fraction of sp³-hybridized carbons (Fsp3) is 0.857. The monoisotopic (exact) mass is 401 g/mol. The van der Waals surface area contributed by atoms with E-state index >= 15 is 0 Å². The van der Waals surface area contributed by atoms with Gasteiger partial charge in [-0.3, -0.25) is 14.5 Å². The molecule has 0 aliphatic rings. The summed E-state index contributed by atoms with van der Waals surface area (Å²) in [6.45, 7) is 4.27. The van der Waals surface area contributed by atoms with Crippen LogP contribution in [-0.4, -0.2) is 45.8 Å². The maximum atomic E-state index is 12.7. The second-order valence-electron chi connectivity index (χ2n) is 7.12. The molecule has 0 rings (SSSR count). The molecule has 158 valence electrons. The summed E-state index contributed by atoms with van der Waals surface area (Å²) in [6, 6.07) is -1.04. The van der Waals surface area contributed by atoms with Gasteiger partial charge in [-0.25, -0.2) is 4.79 Å². The highest BCUT2D eigenvalue weighted by molar-refractivity contribution is 7.98. The molecule has 1 N–H and O–H groups in total. The molecule has 0 aromatic carbocycles. The van der Waals surface area contributed by atoms with Gasteiger partial charge in [0.1, 0.15) is 6.04 Å². The predicted octanol–water partition coefficient (Wildman–Crippen LogP) is 5.27. The van der Waals surface area contributed by atoms with Crippen molar-refractivity contribution in [2.45, 2.75) is 103 Å². The molecule has 0 bridgehead atoms. The Morgan fingerprint density at radius 3 is 1.63 bits per heavy atom. The van der Waals surface area contributed by atoms with Crippen molar-refractivity contribution in [1.82, 2.24) is 4.90 Å². The summed E-state index contributed by atoms with van der Waals surface area (Å²) < 4.78 is 0. The highest BCUT2D eigenvalue weighted by atomic mass is 32.2. The maximum absolute atomic E-state index is 12.7. The van der Waals surface area contributed by atoms with Crippen LogP contribution in [0.5, 0.6) is 0 Å². The first-order valence-electron chi connectivity index (χ1n) is 10.6. The number of aliphatic carboxylic acids is 1. The minimum Gasteiger partial charge on any atom is -0.480 e. The van der Waals surface area contributed by atoms with Gasteiger partial charge in [-0.1, -0.05) is 65.2 Å². The number of nitrogens with zero attached hydrogens (tertiary/aromatic N) is 1. The standard InChI is InChI=1S/C21H39NO4S/c1-4-6-8-10-12-14-19(23)22(18(21(25)26)16-17-27-3)20(24)15-13-11-9-7-5-2/h18H,4-17H2,1-3H3,(H,25,26)/t18-/m0/s1. The van der Waals surface area contributed by atoms with E-state index in [1.54, 1.807) is 0 Å². The summed E-state index contributed by atoms with van der Waals surface area (Å²) in [6.07, 6.45) is 12.7. The number of amides is 2. The normalized spacial score (nSPS) is 12.0. The van der Waals surface area contributed by atoms with E-state index in [1.807, 2.05) is 6.26 Å². The number of rotatable bonds is 17. The number of carbonyl (C=O) groups is 3. The Morgan fingerprint density at radius 1 is 0.815 bits per heavy atom. The zero-order valence-electron chi connectivity index (χ0n) is 17.5. The van der Waals surface area contributed by atoms with Gasteiger partial charge in [-0.2, -0.15) is 11.8 Å². The Labute approximate surface area is 169 Å². The van der Waals surface area contributed by atoms with Crippen LogP contribution >= 0.6 is 11.8 Å². The van der Waals surface area contributed by atoms with E-state index in [1.165, 1.54) is 11.8 Å². The first-order chi connectivity index (χ1) is 13.0. The lowest BCUT2D eigenvalue weighted by atomic mass is 10.1. The van der Waals surface area contributed by atoms with Crippen molar-refractivity contribution in [3.05, 3.63) is 0 Å². The molecule has 27 heavy (non-hydrogen) atoms. The molecule has 0 unspecified atom stereocenters. The third kappa shape index (κ3) is 12.1. The third-order valence-electron chi connectivity index (χ3n) is 4.72. The second kappa shape index (κ2) is 17.1. The van der Waals surface area contributed by atoms with Crippen LogP contribution in [0.15, 0.2) is 0 Å². The van der Waals surface area contributed by atoms with Crippen molar-refractivity contribution in [3.63, 3.8) is 0 Å². The molecule has 0 fully saturated rings. The number of unbranched alkanes of at least 4 members (excludes halogenated alkanes) is 8. The van der Waals surface area contributed by atoms with Crippen LogP contribution in [0, 0.1) is 0 Å². The molecule has 2 amide bonds. The van der Waals surface area contributed by atoms with E-state index < -0.39 is 12.0 Å². The molecule has 5 nitrogen and oxygen atoms in total. The molecule has 0 radical (unpaired) electrons. The van der Waals surface area contributed by atoms with Gasteiger partial charge in [0.05, 0.1) is 0 Å². The van der Waals surface area contributed by atoms with Crippen LogP contribution in [0.3, 0.4) is 0 Å². The molecule has 0 aliphatic heterocycles. The van der Waals surface area contributed by atoms with Gasteiger partial charge in [-0.15, -0.1) is 0 Å². The van der Waals surface area contributed by atoms with E-state index in [-0.39, 0.29) is 24.7 Å². The lowest BCUT2D eigenvalue weighted by molar-refractivity contribution is -0.158. The molecule has 0 aromatic heterocycles. The minimum absolute atomic E-state index is 0.258. The molecular formula is C21H39NO4S. The average Bonchev–Trinajstić information content (AvgIpc) is 2.64. The topological polar surface area (TPSA) is 74.7 Å². The molecule has 0 spiro atoms. The quantitative estimate of drug-likeness (QED) is 0.336. The molecular weight excluding hydrogens is 362 g/mol. The Kier molecular flexibility index (Phi) is 16.4. The third-order valence-corrected chi connectivity index (χ3v) is 5.36. The maximum Gasteiger partial charge on any atom is 0.326 e. The van der Waals surface area contributed by atoms with Crippen molar-refractivity contribution < 1.29 is 19.5 Å². The van der Waals surface area contributed by atoms with Gasteiger partial charge in [0.2, 0.25) is 11.8 Å². The number of carboxylic acids is 1. The Morgan fingerprint density at radius 2 is 1.26 bits per heavy atom. The van der Waals surface area contributed by atoms with Crippen molar-refractivity contribution >= 4 is 29.5 Å². The summed E-state index contributed by atoms with van der Waals surface area (Å²) in [5.74, 6) is -1.11. The SMILES string of the molecule is CCCCCCCC(=O)N(C(=O)CCCCCCC)[C@@H](CCSC)C(=O)O. The Hall–Kier alpha value is -1.04. The number of hydrogen-bond donors (Lipinski definition) is 1. The Balaban J connectivity index is 4.87. The van der Waals surface area contributed by atoms with Crippen molar-refractivity contribution in [3.8, 4) is 0 Å². The zero-order valence-corrected chi connectivity index (χ0v) is 18.3. The smallest absolute Gasteiger partial charge is 0.326 e. The lowest BCUT2D eigenvalue weighted by Crippen LogP contribution is -2.49. The van der Waals surface area contributed by atoms with E-state index in [9.17, 15) is 19.5 Å². The summed E-state index contributed by atoms with van der Waals surface area (Å²) in [5.41, 5.74) is 0. The molecule has 0 aliphatic carbocycles.